The van der Waals surface area contributed by atoms with Crippen molar-refractivity contribution in [2.45, 2.75) is 13.8 Å². The number of aryl methyl sites for hydroxylation is 1. The van der Waals surface area contributed by atoms with Gasteiger partial charge in [0.15, 0.2) is 0 Å². The average Bonchev–Trinajstić information content (AvgIpc) is 2.78. The van der Waals surface area contributed by atoms with Gasteiger partial charge in [-0.05, 0) is 42.0 Å². The minimum atomic E-state index is -0.0104. The molecule has 156 valence electrons. The molecule has 0 spiro atoms. The highest BCUT2D eigenvalue weighted by Crippen LogP contribution is 2.28. The largest absolute Gasteiger partial charge is 0.368 e. The van der Waals surface area contributed by atoms with Gasteiger partial charge >= 0.3 is 0 Å². The highest BCUT2D eigenvalue weighted by Gasteiger charge is 2.29. The summed E-state index contributed by atoms with van der Waals surface area (Å²) >= 11 is 1.49. The molecule has 6 heteroatoms. The van der Waals surface area contributed by atoms with Gasteiger partial charge in [-0.25, -0.2) is 0 Å². The molecule has 0 saturated carbocycles. The van der Waals surface area contributed by atoms with Crippen LogP contribution in [0.2, 0.25) is 0 Å². The summed E-state index contributed by atoms with van der Waals surface area (Å²) in [5, 5.41) is 1.99. The van der Waals surface area contributed by atoms with E-state index in [-0.39, 0.29) is 18.4 Å². The van der Waals surface area contributed by atoms with Crippen LogP contribution in [0.15, 0.2) is 53.9 Å². The Balaban J connectivity index is 1.42. The Hall–Kier alpha value is -2.73. The van der Waals surface area contributed by atoms with Gasteiger partial charge in [-0.1, -0.05) is 42.5 Å². The van der Waals surface area contributed by atoms with Crippen LogP contribution in [0.1, 0.15) is 16.7 Å². The predicted octanol–water partition coefficient (Wildman–Crippen LogP) is 3.53. The van der Waals surface area contributed by atoms with E-state index in [1.54, 1.807) is 4.90 Å². The van der Waals surface area contributed by atoms with Crippen LogP contribution in [-0.4, -0.2) is 60.1 Å². The molecule has 2 aliphatic rings. The van der Waals surface area contributed by atoms with Crippen LogP contribution in [0.3, 0.4) is 0 Å². The number of thioether (sulfide) groups is 1. The van der Waals surface area contributed by atoms with Crippen LogP contribution < -0.4 is 4.90 Å². The molecule has 2 aromatic carbocycles. The molecular weight excluding hydrogens is 394 g/mol. The zero-order valence-electron chi connectivity index (χ0n) is 17.5. The molecular formula is C24H27N3O2S. The van der Waals surface area contributed by atoms with E-state index in [1.807, 2.05) is 40.6 Å². The summed E-state index contributed by atoms with van der Waals surface area (Å²) in [4.78, 5) is 31.5. The Kier molecular flexibility index (Phi) is 6.13. The second kappa shape index (κ2) is 8.96. The number of nitrogens with zero attached hydrogens (tertiary/aromatic N) is 3. The van der Waals surface area contributed by atoms with Gasteiger partial charge in [-0.2, -0.15) is 0 Å². The summed E-state index contributed by atoms with van der Waals surface area (Å²) < 4.78 is 0. The monoisotopic (exact) mass is 421 g/mol. The molecule has 0 aromatic heterocycles. The summed E-state index contributed by atoms with van der Waals surface area (Å²) in [6.07, 6.45) is 0. The third kappa shape index (κ3) is 4.24. The number of benzene rings is 2. The summed E-state index contributed by atoms with van der Waals surface area (Å²) in [6, 6.07) is 16.2. The normalized spacial score (nSPS) is 17.2. The van der Waals surface area contributed by atoms with Gasteiger partial charge in [0.1, 0.15) is 6.54 Å². The van der Waals surface area contributed by atoms with Gasteiger partial charge in [0.25, 0.3) is 0 Å². The molecule has 0 atom stereocenters. The van der Waals surface area contributed by atoms with Crippen molar-refractivity contribution >= 4 is 35.0 Å². The van der Waals surface area contributed by atoms with E-state index in [0.717, 1.165) is 24.4 Å². The van der Waals surface area contributed by atoms with Gasteiger partial charge in [-0.3, -0.25) is 9.59 Å². The zero-order chi connectivity index (χ0) is 21.1. The number of anilines is 1. The lowest BCUT2D eigenvalue weighted by molar-refractivity contribution is -0.137. The predicted molar refractivity (Wildman–Crippen MR) is 123 cm³/mol. The molecule has 0 unspecified atom stereocenters. The third-order valence-corrected chi connectivity index (χ3v) is 6.71. The summed E-state index contributed by atoms with van der Waals surface area (Å²) in [6.45, 7) is 7.34. The summed E-state index contributed by atoms with van der Waals surface area (Å²) in [5.41, 5.74) is 5.61. The second-order valence-corrected chi connectivity index (χ2v) is 8.60. The first-order valence-corrected chi connectivity index (χ1v) is 11.4. The number of hydrogen-bond donors (Lipinski definition) is 0. The third-order valence-electron chi connectivity index (χ3n) is 5.91. The van der Waals surface area contributed by atoms with Crippen molar-refractivity contribution in [2.24, 2.45) is 0 Å². The SMILES string of the molecule is Cc1cccc(N2CCN(C(=O)CN3C(=O)CSC=C3c3ccccc3)CC2)c1C. The van der Waals surface area contributed by atoms with E-state index in [4.69, 9.17) is 0 Å². The highest BCUT2D eigenvalue weighted by atomic mass is 32.2. The van der Waals surface area contributed by atoms with E-state index < -0.39 is 0 Å². The maximum atomic E-state index is 13.0. The summed E-state index contributed by atoms with van der Waals surface area (Å²) in [7, 11) is 0. The molecule has 2 aromatic rings. The fourth-order valence-corrected chi connectivity index (χ4v) is 4.79. The molecule has 0 N–H and O–H groups in total. The average molecular weight is 422 g/mol. The Morgan fingerprint density at radius 3 is 2.43 bits per heavy atom. The topological polar surface area (TPSA) is 43.9 Å². The maximum Gasteiger partial charge on any atom is 0.242 e. The minimum Gasteiger partial charge on any atom is -0.368 e. The lowest BCUT2D eigenvalue weighted by Gasteiger charge is -2.38. The van der Waals surface area contributed by atoms with Crippen molar-refractivity contribution < 1.29 is 9.59 Å². The zero-order valence-corrected chi connectivity index (χ0v) is 18.3. The van der Waals surface area contributed by atoms with Crippen molar-refractivity contribution in [2.75, 3.05) is 43.4 Å². The molecule has 2 amide bonds. The highest BCUT2D eigenvalue weighted by molar-refractivity contribution is 8.03. The standard InChI is InChI=1S/C24H27N3O2S/c1-18-7-6-10-21(19(18)2)25-11-13-26(14-12-25)23(28)15-27-22(16-30-17-24(27)29)20-8-4-3-5-9-20/h3-10,16H,11-15,17H2,1-2H3. The molecule has 2 aliphatic heterocycles. The second-order valence-electron chi connectivity index (χ2n) is 7.75. The van der Waals surface area contributed by atoms with Gasteiger partial charge in [0.2, 0.25) is 11.8 Å². The van der Waals surface area contributed by atoms with Crippen molar-refractivity contribution in [3.8, 4) is 0 Å². The van der Waals surface area contributed by atoms with Crippen molar-refractivity contribution in [3.05, 3.63) is 70.6 Å². The van der Waals surface area contributed by atoms with Crippen LogP contribution >= 0.6 is 11.8 Å². The lowest BCUT2D eigenvalue weighted by Crippen LogP contribution is -2.52. The quantitative estimate of drug-likeness (QED) is 0.758. The Labute approximate surface area is 182 Å². The molecule has 5 nitrogen and oxygen atoms in total. The van der Waals surface area contributed by atoms with Crippen LogP contribution in [0.5, 0.6) is 0 Å². The van der Waals surface area contributed by atoms with Crippen LogP contribution in [0, 0.1) is 13.8 Å². The van der Waals surface area contributed by atoms with Crippen molar-refractivity contribution in [1.82, 2.24) is 9.80 Å². The first kappa shape index (κ1) is 20.5. The van der Waals surface area contributed by atoms with E-state index in [1.165, 1.54) is 28.6 Å². The molecule has 1 saturated heterocycles. The molecule has 4 rings (SSSR count). The van der Waals surface area contributed by atoms with E-state index >= 15 is 0 Å². The Morgan fingerprint density at radius 2 is 1.70 bits per heavy atom. The van der Waals surface area contributed by atoms with Crippen LogP contribution in [0.4, 0.5) is 5.69 Å². The Morgan fingerprint density at radius 1 is 0.967 bits per heavy atom. The minimum absolute atomic E-state index is 0.0104. The number of piperazine rings is 1. The molecule has 2 heterocycles. The van der Waals surface area contributed by atoms with E-state index in [0.29, 0.717) is 18.8 Å². The van der Waals surface area contributed by atoms with Gasteiger partial charge in [-0.15, -0.1) is 11.8 Å². The number of carbonyl (C=O) groups is 2. The van der Waals surface area contributed by atoms with Crippen molar-refractivity contribution in [3.63, 3.8) is 0 Å². The maximum absolute atomic E-state index is 13.0. The molecule has 0 aliphatic carbocycles. The molecule has 30 heavy (non-hydrogen) atoms. The van der Waals surface area contributed by atoms with E-state index in [2.05, 4.69) is 36.9 Å². The molecule has 0 bridgehead atoms. The van der Waals surface area contributed by atoms with Gasteiger partial charge < -0.3 is 14.7 Å². The number of amides is 2. The fourth-order valence-electron chi connectivity index (χ4n) is 3.98. The smallest absolute Gasteiger partial charge is 0.242 e. The van der Waals surface area contributed by atoms with Crippen molar-refractivity contribution in [1.29, 1.82) is 0 Å². The number of rotatable bonds is 4. The van der Waals surface area contributed by atoms with Crippen LogP contribution in [0.25, 0.3) is 5.70 Å². The number of carbonyl (C=O) groups excluding carboxylic acids is 2. The van der Waals surface area contributed by atoms with Crippen LogP contribution in [-0.2, 0) is 9.59 Å². The lowest BCUT2D eigenvalue weighted by atomic mass is 10.1. The number of hydrogen-bond acceptors (Lipinski definition) is 4. The first-order valence-electron chi connectivity index (χ1n) is 10.3. The fraction of sp³-hybridized carbons (Fsp3) is 0.333. The van der Waals surface area contributed by atoms with E-state index in [9.17, 15) is 9.59 Å². The first-order chi connectivity index (χ1) is 14.5. The Bertz CT molecular complexity index is 966. The van der Waals surface area contributed by atoms with Gasteiger partial charge in [0.05, 0.1) is 11.4 Å². The molecule has 1 fully saturated rings. The summed E-state index contributed by atoms with van der Waals surface area (Å²) in [5.74, 6) is 0.380. The molecule has 0 radical (unpaired) electrons. The van der Waals surface area contributed by atoms with Gasteiger partial charge in [0, 0.05) is 31.9 Å².